The number of anilines is 1. The highest BCUT2D eigenvalue weighted by Crippen LogP contribution is 2.35. The van der Waals surface area contributed by atoms with Crippen LogP contribution in [0, 0.1) is 5.92 Å². The fraction of sp³-hybridized carbons (Fsp3) is 0.571. The normalized spacial score (nSPS) is 25.1. The Labute approximate surface area is 109 Å². The van der Waals surface area contributed by atoms with E-state index in [0.29, 0.717) is 12.6 Å². The maximum Gasteiger partial charge on any atom is 0.0643 e. The van der Waals surface area contributed by atoms with Crippen LogP contribution in [0.2, 0.25) is 5.02 Å². The van der Waals surface area contributed by atoms with E-state index in [1.807, 2.05) is 12.1 Å². The molecule has 2 unspecified atom stereocenters. The SMILES string of the molecule is CC1CCN(c2c(Cl)cccc2CN)C(C)C1. The summed E-state index contributed by atoms with van der Waals surface area (Å²) in [6.07, 6.45) is 2.47. The topological polar surface area (TPSA) is 29.3 Å². The van der Waals surface area contributed by atoms with Gasteiger partial charge in [0.2, 0.25) is 0 Å². The van der Waals surface area contributed by atoms with Crippen molar-refractivity contribution in [1.82, 2.24) is 0 Å². The molecule has 0 aliphatic carbocycles. The lowest BCUT2D eigenvalue weighted by atomic mass is 9.92. The number of hydrogen-bond acceptors (Lipinski definition) is 2. The number of halogens is 1. The molecule has 1 heterocycles. The lowest BCUT2D eigenvalue weighted by Crippen LogP contribution is -2.41. The summed E-state index contributed by atoms with van der Waals surface area (Å²) in [4.78, 5) is 2.42. The summed E-state index contributed by atoms with van der Waals surface area (Å²) >= 11 is 6.35. The predicted octanol–water partition coefficient (Wildman–Crippen LogP) is 3.42. The first-order valence-electron chi connectivity index (χ1n) is 6.37. The third-order valence-corrected chi connectivity index (χ3v) is 4.02. The zero-order valence-corrected chi connectivity index (χ0v) is 11.4. The van der Waals surface area contributed by atoms with Crippen molar-refractivity contribution in [2.45, 2.75) is 39.3 Å². The van der Waals surface area contributed by atoms with E-state index in [-0.39, 0.29) is 0 Å². The van der Waals surface area contributed by atoms with Crippen LogP contribution in [0.5, 0.6) is 0 Å². The number of hydrogen-bond donors (Lipinski definition) is 1. The summed E-state index contributed by atoms with van der Waals surface area (Å²) in [5.41, 5.74) is 8.11. The Morgan fingerprint density at radius 3 is 2.82 bits per heavy atom. The van der Waals surface area contributed by atoms with Gasteiger partial charge in [-0.25, -0.2) is 0 Å². The minimum absolute atomic E-state index is 0.545. The van der Waals surface area contributed by atoms with Crippen molar-refractivity contribution < 1.29 is 0 Å². The zero-order chi connectivity index (χ0) is 12.4. The molecule has 2 N–H and O–H groups in total. The number of piperidine rings is 1. The number of para-hydroxylation sites is 1. The van der Waals surface area contributed by atoms with Gasteiger partial charge in [-0.3, -0.25) is 0 Å². The highest BCUT2D eigenvalue weighted by molar-refractivity contribution is 6.33. The summed E-state index contributed by atoms with van der Waals surface area (Å²) in [7, 11) is 0. The van der Waals surface area contributed by atoms with Crippen LogP contribution in [0.25, 0.3) is 0 Å². The van der Waals surface area contributed by atoms with Crippen molar-refractivity contribution >= 4 is 17.3 Å². The lowest BCUT2D eigenvalue weighted by molar-refractivity contribution is 0.377. The third kappa shape index (κ3) is 2.58. The van der Waals surface area contributed by atoms with E-state index in [9.17, 15) is 0 Å². The summed E-state index contributed by atoms with van der Waals surface area (Å²) in [6, 6.07) is 6.56. The quantitative estimate of drug-likeness (QED) is 0.874. The van der Waals surface area contributed by atoms with Crippen LogP contribution in [-0.2, 0) is 6.54 Å². The van der Waals surface area contributed by atoms with Gasteiger partial charge >= 0.3 is 0 Å². The molecule has 2 atom stereocenters. The van der Waals surface area contributed by atoms with Crippen LogP contribution in [0.1, 0.15) is 32.3 Å². The minimum atomic E-state index is 0.545. The second-order valence-electron chi connectivity index (χ2n) is 5.12. The molecule has 0 aromatic heterocycles. The monoisotopic (exact) mass is 252 g/mol. The van der Waals surface area contributed by atoms with E-state index < -0.39 is 0 Å². The molecule has 1 fully saturated rings. The summed E-state index contributed by atoms with van der Waals surface area (Å²) in [5, 5.41) is 0.828. The Hall–Kier alpha value is -0.730. The van der Waals surface area contributed by atoms with E-state index in [2.05, 4.69) is 24.8 Å². The van der Waals surface area contributed by atoms with Gasteiger partial charge in [0.05, 0.1) is 10.7 Å². The average Bonchev–Trinajstić information content (AvgIpc) is 2.30. The van der Waals surface area contributed by atoms with Gasteiger partial charge in [-0.05, 0) is 37.3 Å². The van der Waals surface area contributed by atoms with Gasteiger partial charge in [0.15, 0.2) is 0 Å². The van der Waals surface area contributed by atoms with Gasteiger partial charge in [-0.15, -0.1) is 0 Å². The van der Waals surface area contributed by atoms with Crippen molar-refractivity contribution in [3.05, 3.63) is 28.8 Å². The summed E-state index contributed by atoms with van der Waals surface area (Å²) < 4.78 is 0. The van der Waals surface area contributed by atoms with E-state index in [1.54, 1.807) is 0 Å². The average molecular weight is 253 g/mol. The Morgan fingerprint density at radius 1 is 1.41 bits per heavy atom. The predicted molar refractivity (Wildman–Crippen MR) is 74.5 cm³/mol. The molecule has 94 valence electrons. The van der Waals surface area contributed by atoms with Crippen LogP contribution in [0.3, 0.4) is 0 Å². The number of nitrogens with zero attached hydrogens (tertiary/aromatic N) is 1. The van der Waals surface area contributed by atoms with Gasteiger partial charge < -0.3 is 10.6 Å². The van der Waals surface area contributed by atoms with E-state index >= 15 is 0 Å². The standard InChI is InChI=1S/C14H21ClN2/c1-10-6-7-17(11(2)8-10)14-12(9-16)4-3-5-13(14)15/h3-5,10-11H,6-9,16H2,1-2H3. The van der Waals surface area contributed by atoms with Crippen LogP contribution in [0.4, 0.5) is 5.69 Å². The molecule has 17 heavy (non-hydrogen) atoms. The second kappa shape index (κ2) is 5.28. The van der Waals surface area contributed by atoms with Crippen LogP contribution in [-0.4, -0.2) is 12.6 Å². The fourth-order valence-corrected chi connectivity index (χ4v) is 3.09. The Kier molecular flexibility index (Phi) is 3.95. The summed E-state index contributed by atoms with van der Waals surface area (Å²) in [5.74, 6) is 0.810. The molecule has 1 aromatic rings. The molecule has 2 rings (SSSR count). The minimum Gasteiger partial charge on any atom is -0.367 e. The largest absolute Gasteiger partial charge is 0.367 e. The highest BCUT2D eigenvalue weighted by Gasteiger charge is 2.25. The highest BCUT2D eigenvalue weighted by atomic mass is 35.5. The van der Waals surface area contributed by atoms with Crippen molar-refractivity contribution in [3.8, 4) is 0 Å². The molecule has 0 saturated carbocycles. The smallest absolute Gasteiger partial charge is 0.0643 e. The lowest BCUT2D eigenvalue weighted by Gasteiger charge is -2.39. The van der Waals surface area contributed by atoms with E-state index in [0.717, 1.165) is 28.7 Å². The molecule has 2 nitrogen and oxygen atoms in total. The molecule has 1 aliphatic heterocycles. The molecule has 3 heteroatoms. The first kappa shape index (κ1) is 12.7. The number of benzene rings is 1. The van der Waals surface area contributed by atoms with Crippen LogP contribution >= 0.6 is 11.6 Å². The van der Waals surface area contributed by atoms with Gasteiger partial charge in [0.25, 0.3) is 0 Å². The van der Waals surface area contributed by atoms with Gasteiger partial charge in [0.1, 0.15) is 0 Å². The van der Waals surface area contributed by atoms with Crippen molar-refractivity contribution in [3.63, 3.8) is 0 Å². The van der Waals surface area contributed by atoms with Crippen molar-refractivity contribution in [1.29, 1.82) is 0 Å². The first-order valence-corrected chi connectivity index (χ1v) is 6.75. The molecule has 1 saturated heterocycles. The molecule has 0 bridgehead atoms. The van der Waals surface area contributed by atoms with Gasteiger partial charge in [-0.1, -0.05) is 30.7 Å². The third-order valence-electron chi connectivity index (χ3n) is 3.72. The second-order valence-corrected chi connectivity index (χ2v) is 5.53. The Bertz CT molecular complexity index is 392. The van der Waals surface area contributed by atoms with E-state index in [4.69, 9.17) is 17.3 Å². The van der Waals surface area contributed by atoms with Gasteiger partial charge in [0, 0.05) is 19.1 Å². The van der Waals surface area contributed by atoms with E-state index in [1.165, 1.54) is 12.8 Å². The maximum absolute atomic E-state index is 6.35. The Balaban J connectivity index is 2.33. The van der Waals surface area contributed by atoms with Gasteiger partial charge in [-0.2, -0.15) is 0 Å². The van der Waals surface area contributed by atoms with Crippen molar-refractivity contribution in [2.75, 3.05) is 11.4 Å². The molecule has 1 aliphatic rings. The zero-order valence-electron chi connectivity index (χ0n) is 10.6. The molecule has 1 aromatic carbocycles. The van der Waals surface area contributed by atoms with Crippen molar-refractivity contribution in [2.24, 2.45) is 11.7 Å². The first-order chi connectivity index (χ1) is 8.13. The maximum atomic E-state index is 6.35. The molecule has 0 radical (unpaired) electrons. The molecule has 0 amide bonds. The van der Waals surface area contributed by atoms with Crippen LogP contribution in [0.15, 0.2) is 18.2 Å². The summed E-state index contributed by atoms with van der Waals surface area (Å²) in [6.45, 7) is 6.23. The molecular formula is C14H21ClN2. The fourth-order valence-electron chi connectivity index (χ4n) is 2.79. The molecule has 0 spiro atoms. The van der Waals surface area contributed by atoms with Crippen LogP contribution < -0.4 is 10.6 Å². The number of nitrogens with two attached hydrogens (primary N) is 1. The molecular weight excluding hydrogens is 232 g/mol. The number of rotatable bonds is 2. The Morgan fingerprint density at radius 2 is 2.18 bits per heavy atom.